The average molecular weight is 169 g/mol. The van der Waals surface area contributed by atoms with Crippen molar-refractivity contribution in [2.75, 3.05) is 18.0 Å². The van der Waals surface area contributed by atoms with E-state index >= 15 is 0 Å². The molecule has 1 aromatic rings. The summed E-state index contributed by atoms with van der Waals surface area (Å²) in [5.41, 5.74) is 0.553. The maximum Gasteiger partial charge on any atom is 0.312 e. The molecule has 0 aromatic carbocycles. The minimum absolute atomic E-state index is 0.452. The molecule has 1 aliphatic rings. The standard InChI is InChI=1S/C7H11N3O2/c1-6-7(8-12-10(6)11)9-4-2-3-5-9/h2-5H2,1H3. The maximum absolute atomic E-state index is 10.9. The normalized spacial score (nSPS) is 17.2. The number of rotatable bonds is 1. The van der Waals surface area contributed by atoms with Gasteiger partial charge in [-0.3, -0.25) is 4.63 Å². The van der Waals surface area contributed by atoms with E-state index in [9.17, 15) is 5.21 Å². The summed E-state index contributed by atoms with van der Waals surface area (Å²) in [7, 11) is 0. The second kappa shape index (κ2) is 2.66. The summed E-state index contributed by atoms with van der Waals surface area (Å²) in [4.78, 5) is 2.53. The van der Waals surface area contributed by atoms with Gasteiger partial charge in [-0.25, -0.2) is 0 Å². The van der Waals surface area contributed by atoms with Gasteiger partial charge in [-0.05, 0) is 17.7 Å². The van der Waals surface area contributed by atoms with Crippen molar-refractivity contribution in [3.8, 4) is 0 Å². The lowest BCUT2D eigenvalue weighted by molar-refractivity contribution is -0.806. The minimum Gasteiger partial charge on any atom is -0.359 e. The largest absolute Gasteiger partial charge is 0.359 e. The van der Waals surface area contributed by atoms with Gasteiger partial charge in [-0.2, -0.15) is 0 Å². The summed E-state index contributed by atoms with van der Waals surface area (Å²) in [5.74, 6) is 0.697. The van der Waals surface area contributed by atoms with Crippen molar-refractivity contribution in [1.29, 1.82) is 0 Å². The van der Waals surface area contributed by atoms with Crippen LogP contribution in [-0.4, -0.2) is 18.2 Å². The Hall–Kier alpha value is -1.26. The molecular formula is C7H11N3O2. The van der Waals surface area contributed by atoms with E-state index in [1.54, 1.807) is 6.92 Å². The first kappa shape index (κ1) is 7.39. The second-order valence-corrected chi connectivity index (χ2v) is 3.03. The van der Waals surface area contributed by atoms with E-state index in [0.29, 0.717) is 16.4 Å². The fraction of sp³-hybridized carbons (Fsp3) is 0.714. The van der Waals surface area contributed by atoms with Gasteiger partial charge < -0.3 is 10.1 Å². The Kier molecular flexibility index (Phi) is 1.64. The average Bonchev–Trinajstić information content (AvgIpc) is 2.64. The number of nitrogens with zero attached hydrogens (tertiary/aromatic N) is 3. The van der Waals surface area contributed by atoms with E-state index in [1.807, 2.05) is 0 Å². The summed E-state index contributed by atoms with van der Waals surface area (Å²) in [6.45, 7) is 3.68. The van der Waals surface area contributed by atoms with Crippen LogP contribution in [0.25, 0.3) is 0 Å². The van der Waals surface area contributed by atoms with Crippen LogP contribution in [0.15, 0.2) is 4.63 Å². The third-order valence-corrected chi connectivity index (χ3v) is 2.20. The first-order valence-corrected chi connectivity index (χ1v) is 4.10. The van der Waals surface area contributed by atoms with Crippen molar-refractivity contribution >= 4 is 5.82 Å². The lowest BCUT2D eigenvalue weighted by Crippen LogP contribution is -2.27. The number of hydrogen-bond acceptors (Lipinski definition) is 4. The van der Waals surface area contributed by atoms with Crippen molar-refractivity contribution in [3.05, 3.63) is 10.9 Å². The van der Waals surface area contributed by atoms with Crippen LogP contribution < -0.4 is 9.80 Å². The molecule has 0 aliphatic carbocycles. The highest BCUT2D eigenvalue weighted by Gasteiger charge is 2.23. The van der Waals surface area contributed by atoms with Gasteiger partial charge in [0, 0.05) is 20.0 Å². The van der Waals surface area contributed by atoms with Gasteiger partial charge in [0.15, 0.2) is 0 Å². The topological polar surface area (TPSA) is 56.2 Å². The van der Waals surface area contributed by atoms with Gasteiger partial charge in [0.05, 0.1) is 5.16 Å². The Labute approximate surface area is 70.1 Å². The molecule has 1 fully saturated rings. The van der Waals surface area contributed by atoms with Crippen LogP contribution in [-0.2, 0) is 0 Å². The fourth-order valence-corrected chi connectivity index (χ4v) is 1.50. The van der Waals surface area contributed by atoms with Crippen LogP contribution in [0.3, 0.4) is 0 Å². The zero-order chi connectivity index (χ0) is 8.55. The van der Waals surface area contributed by atoms with Crippen LogP contribution in [0.5, 0.6) is 0 Å². The fourth-order valence-electron chi connectivity index (χ4n) is 1.50. The van der Waals surface area contributed by atoms with Crippen LogP contribution in [0, 0.1) is 12.1 Å². The van der Waals surface area contributed by atoms with Gasteiger partial charge in [-0.1, -0.05) is 0 Å². The maximum atomic E-state index is 10.9. The van der Waals surface area contributed by atoms with E-state index < -0.39 is 0 Å². The molecule has 66 valence electrons. The molecule has 2 rings (SSSR count). The number of anilines is 1. The molecule has 2 heterocycles. The first-order valence-electron chi connectivity index (χ1n) is 4.10. The van der Waals surface area contributed by atoms with E-state index in [-0.39, 0.29) is 0 Å². The summed E-state index contributed by atoms with van der Waals surface area (Å²) in [6, 6.07) is 0. The third kappa shape index (κ3) is 1.01. The molecule has 0 spiro atoms. The van der Waals surface area contributed by atoms with Crippen LogP contribution in [0.4, 0.5) is 5.82 Å². The highest BCUT2D eigenvalue weighted by molar-refractivity contribution is 5.39. The van der Waals surface area contributed by atoms with E-state index in [1.165, 1.54) is 12.8 Å². The van der Waals surface area contributed by atoms with Crippen molar-refractivity contribution < 1.29 is 9.53 Å². The van der Waals surface area contributed by atoms with Crippen molar-refractivity contribution in [2.45, 2.75) is 19.8 Å². The summed E-state index contributed by atoms with van der Waals surface area (Å²) in [6.07, 6.45) is 2.34. The van der Waals surface area contributed by atoms with Crippen LogP contribution in [0.1, 0.15) is 18.5 Å². The molecule has 1 saturated heterocycles. The molecular weight excluding hydrogens is 158 g/mol. The molecule has 0 amide bonds. The molecule has 0 radical (unpaired) electrons. The second-order valence-electron chi connectivity index (χ2n) is 3.03. The van der Waals surface area contributed by atoms with Crippen molar-refractivity contribution in [3.63, 3.8) is 0 Å². The van der Waals surface area contributed by atoms with Gasteiger partial charge in [0.25, 0.3) is 0 Å². The predicted molar refractivity (Wildman–Crippen MR) is 41.6 cm³/mol. The molecule has 5 heteroatoms. The lowest BCUT2D eigenvalue weighted by atomic mass is 10.4. The molecule has 0 unspecified atom stereocenters. The molecule has 1 aromatic heterocycles. The Bertz CT molecular complexity index is 278. The number of hydrogen-bond donors (Lipinski definition) is 0. The van der Waals surface area contributed by atoms with Crippen LogP contribution in [0.2, 0.25) is 0 Å². The van der Waals surface area contributed by atoms with Crippen LogP contribution >= 0.6 is 0 Å². The smallest absolute Gasteiger partial charge is 0.312 e. The highest BCUT2D eigenvalue weighted by atomic mass is 16.8. The Balaban J connectivity index is 2.26. The molecule has 12 heavy (non-hydrogen) atoms. The summed E-state index contributed by atoms with van der Waals surface area (Å²) < 4.78 is 4.48. The number of aromatic nitrogens is 2. The van der Waals surface area contributed by atoms with Gasteiger partial charge in [0.1, 0.15) is 0 Å². The molecule has 0 saturated carbocycles. The quantitative estimate of drug-likeness (QED) is 0.564. The molecule has 0 atom stereocenters. The predicted octanol–water partition coefficient (Wildman–Crippen LogP) is 0.217. The first-order chi connectivity index (χ1) is 5.79. The lowest BCUT2D eigenvalue weighted by Gasteiger charge is -2.08. The highest BCUT2D eigenvalue weighted by Crippen LogP contribution is 2.18. The Morgan fingerprint density at radius 3 is 2.67 bits per heavy atom. The SMILES string of the molecule is Cc1c(N2CCCC2)no[n+]1[O-]. The third-order valence-electron chi connectivity index (χ3n) is 2.20. The van der Waals surface area contributed by atoms with Gasteiger partial charge in [-0.15, -0.1) is 0 Å². The van der Waals surface area contributed by atoms with E-state index in [4.69, 9.17) is 0 Å². The zero-order valence-electron chi connectivity index (χ0n) is 6.99. The molecule has 0 N–H and O–H groups in total. The summed E-state index contributed by atoms with van der Waals surface area (Å²) >= 11 is 0. The summed E-state index contributed by atoms with van der Waals surface area (Å²) in [5, 5.41) is 14.6. The van der Waals surface area contributed by atoms with E-state index in [2.05, 4.69) is 14.7 Å². The molecule has 0 bridgehead atoms. The van der Waals surface area contributed by atoms with Crippen molar-refractivity contribution in [2.24, 2.45) is 0 Å². The molecule has 5 nitrogen and oxygen atoms in total. The van der Waals surface area contributed by atoms with Gasteiger partial charge in [0.2, 0.25) is 5.69 Å². The Morgan fingerprint density at radius 1 is 1.50 bits per heavy atom. The van der Waals surface area contributed by atoms with Crippen molar-refractivity contribution in [1.82, 2.24) is 5.16 Å². The minimum atomic E-state index is 0.452. The molecule has 1 aliphatic heterocycles. The Morgan fingerprint density at radius 2 is 2.17 bits per heavy atom. The van der Waals surface area contributed by atoms with E-state index in [0.717, 1.165) is 13.1 Å². The zero-order valence-corrected chi connectivity index (χ0v) is 6.99. The van der Waals surface area contributed by atoms with Gasteiger partial charge >= 0.3 is 5.82 Å². The monoisotopic (exact) mass is 169 g/mol.